The van der Waals surface area contributed by atoms with Crippen LogP contribution in [0.15, 0.2) is 59.4 Å². The fourth-order valence-corrected chi connectivity index (χ4v) is 4.32. The average Bonchev–Trinajstić information content (AvgIpc) is 3.59. The van der Waals surface area contributed by atoms with Gasteiger partial charge in [0.25, 0.3) is 0 Å². The van der Waals surface area contributed by atoms with Gasteiger partial charge in [0.15, 0.2) is 23.2 Å². The Morgan fingerprint density at radius 3 is 2.45 bits per heavy atom. The molecule has 44 heavy (non-hydrogen) atoms. The molecule has 2 aromatic carbocycles. The number of nitrogens with zero attached hydrogens (tertiary/aromatic N) is 5. The normalized spacial score (nSPS) is 12.8. The number of aromatic nitrogens is 5. The van der Waals surface area contributed by atoms with Gasteiger partial charge in [-0.2, -0.15) is 18.3 Å². The molecule has 1 aromatic heterocycles. The molecule has 0 aliphatic carbocycles. The van der Waals surface area contributed by atoms with E-state index in [-0.39, 0.29) is 52.1 Å². The van der Waals surface area contributed by atoms with Crippen molar-refractivity contribution in [2.24, 2.45) is 0 Å². The second-order valence-electron chi connectivity index (χ2n) is 10.8. The molecule has 3 aromatic rings. The molecule has 14 heteroatoms. The molecule has 2 aliphatic rings. The Labute approximate surface area is 248 Å². The van der Waals surface area contributed by atoms with E-state index in [0.29, 0.717) is 6.42 Å². The lowest BCUT2D eigenvalue weighted by Gasteiger charge is -2.23. The Morgan fingerprint density at radius 2 is 1.75 bits per heavy atom. The van der Waals surface area contributed by atoms with Crippen LogP contribution in [0, 0.1) is 11.6 Å². The highest BCUT2D eigenvalue weighted by Gasteiger charge is 2.37. The number of halogens is 5. The van der Waals surface area contributed by atoms with Gasteiger partial charge < -0.3 is 14.0 Å². The van der Waals surface area contributed by atoms with E-state index in [1.807, 2.05) is 6.92 Å². The van der Waals surface area contributed by atoms with Gasteiger partial charge in [-0.05, 0) is 57.5 Å². The molecular weight excluding hydrogens is 589 g/mol. The predicted octanol–water partition coefficient (Wildman–Crippen LogP) is 7.12. The first-order valence-electron chi connectivity index (χ1n) is 13.5. The molecule has 2 aliphatic heterocycles. The molecule has 0 amide bonds. The second kappa shape index (κ2) is 11.7. The summed E-state index contributed by atoms with van der Waals surface area (Å²) in [6.45, 7) is 6.97. The topological polar surface area (TPSA) is 105 Å². The number of hydrogen-bond donors (Lipinski definition) is 0. The first-order valence-corrected chi connectivity index (χ1v) is 13.5. The molecule has 9 nitrogen and oxygen atoms in total. The van der Waals surface area contributed by atoms with Gasteiger partial charge in [-0.15, -0.1) is 0 Å². The van der Waals surface area contributed by atoms with Crippen LogP contribution in [0.4, 0.5) is 22.0 Å². The first-order chi connectivity index (χ1) is 20.7. The Hall–Kier alpha value is -4.88. The summed E-state index contributed by atoms with van der Waals surface area (Å²) in [4.78, 5) is 21.9. The zero-order chi connectivity index (χ0) is 31.8. The van der Waals surface area contributed by atoms with E-state index in [0.717, 1.165) is 16.8 Å². The van der Waals surface area contributed by atoms with Gasteiger partial charge >= 0.3 is 12.1 Å². The number of carbonyl (C=O) groups excluding carboxylic acids is 1. The van der Waals surface area contributed by atoms with Gasteiger partial charge in [-0.1, -0.05) is 18.1 Å². The molecule has 0 radical (unpaired) electrons. The van der Waals surface area contributed by atoms with Crippen LogP contribution in [0.25, 0.3) is 34.0 Å². The number of ether oxygens (including phenoxy) is 2. The molecule has 0 saturated heterocycles. The zero-order valence-corrected chi connectivity index (χ0v) is 23.9. The molecule has 5 rings (SSSR count). The first kappa shape index (κ1) is 30.6. The number of carbonyl (C=O) groups is 1. The fourth-order valence-electron chi connectivity index (χ4n) is 4.32. The zero-order valence-electron chi connectivity index (χ0n) is 23.9. The maximum Gasteiger partial charge on any atom is 0.417 e. The highest BCUT2D eigenvalue weighted by atomic mass is 19.4. The Kier molecular flexibility index (Phi) is 8.10. The minimum absolute atomic E-state index is 0.0413. The summed E-state index contributed by atoms with van der Waals surface area (Å²) in [7, 11) is 0. The van der Waals surface area contributed by atoms with E-state index in [4.69, 9.17) is 14.0 Å². The number of rotatable bonds is 8. The van der Waals surface area contributed by atoms with Gasteiger partial charge in [0.05, 0.1) is 30.1 Å². The van der Waals surface area contributed by atoms with Crippen molar-refractivity contribution in [1.29, 1.82) is 0 Å². The van der Waals surface area contributed by atoms with Crippen LogP contribution >= 0.6 is 0 Å². The molecule has 0 fully saturated rings. The molecule has 0 saturated carbocycles. The minimum Gasteiger partial charge on any atom is -0.494 e. The van der Waals surface area contributed by atoms with Crippen LogP contribution in [-0.4, -0.2) is 43.1 Å². The summed E-state index contributed by atoms with van der Waals surface area (Å²) < 4.78 is 87.8. The lowest BCUT2D eigenvalue weighted by molar-refractivity contribution is -0.158. The number of alkyl halides is 3. The van der Waals surface area contributed by atoms with Crippen molar-refractivity contribution >= 4 is 5.97 Å². The summed E-state index contributed by atoms with van der Waals surface area (Å²) in [6, 6.07) is 6.79. The Bertz CT molecular complexity index is 1780. The lowest BCUT2D eigenvalue weighted by Crippen LogP contribution is -2.31. The van der Waals surface area contributed by atoms with Crippen LogP contribution in [0.3, 0.4) is 0 Å². The van der Waals surface area contributed by atoms with Gasteiger partial charge in [0.2, 0.25) is 6.04 Å². The summed E-state index contributed by atoms with van der Waals surface area (Å²) in [6.07, 6.45) is -1.59. The molecule has 3 heterocycles. The molecule has 0 spiro atoms. The summed E-state index contributed by atoms with van der Waals surface area (Å²) in [5.74, 6) is -3.31. The third kappa shape index (κ3) is 6.38. The molecule has 0 N–H and O–H groups in total. The van der Waals surface area contributed by atoms with E-state index in [2.05, 4.69) is 20.2 Å². The fraction of sp³-hybridized carbons (Fsp3) is 0.300. The quantitative estimate of drug-likeness (QED) is 0.134. The molecule has 0 bridgehead atoms. The van der Waals surface area contributed by atoms with Crippen LogP contribution in [-0.2, 0) is 15.7 Å². The van der Waals surface area contributed by atoms with Crippen molar-refractivity contribution in [3.63, 3.8) is 0 Å². The molecular formula is C30H26F5N5O4. The van der Waals surface area contributed by atoms with E-state index in [1.54, 1.807) is 20.8 Å². The number of hydrogen-bond acceptors (Lipinski definition) is 8. The highest BCUT2D eigenvalue weighted by molar-refractivity contribution is 5.79. The number of esters is 1. The van der Waals surface area contributed by atoms with Gasteiger partial charge in [0, 0.05) is 11.6 Å². The van der Waals surface area contributed by atoms with Gasteiger partial charge in [-0.3, -0.25) is 0 Å². The maximum absolute atomic E-state index is 14.4. The lowest BCUT2D eigenvalue weighted by atomic mass is 10.0. The summed E-state index contributed by atoms with van der Waals surface area (Å²) in [5.41, 5.74) is -2.25. The third-order valence-corrected chi connectivity index (χ3v) is 6.21. The van der Waals surface area contributed by atoms with Crippen molar-refractivity contribution in [2.75, 3.05) is 6.61 Å². The molecule has 1 unspecified atom stereocenters. The Morgan fingerprint density at radius 1 is 1.00 bits per heavy atom. The van der Waals surface area contributed by atoms with Gasteiger partial charge in [-0.25, -0.2) is 28.2 Å². The van der Waals surface area contributed by atoms with Gasteiger partial charge in [0.1, 0.15) is 28.4 Å². The maximum atomic E-state index is 14.4. The van der Waals surface area contributed by atoms with Crippen molar-refractivity contribution in [2.45, 2.75) is 51.9 Å². The highest BCUT2D eigenvalue weighted by Crippen LogP contribution is 2.40. The summed E-state index contributed by atoms with van der Waals surface area (Å²) >= 11 is 0. The summed E-state index contributed by atoms with van der Waals surface area (Å²) in [5, 5.41) is 8.05. The third-order valence-electron chi connectivity index (χ3n) is 6.21. The van der Waals surface area contributed by atoms with Crippen LogP contribution in [0.1, 0.15) is 51.5 Å². The number of benzene rings is 2. The molecule has 1 atom stereocenters. The predicted molar refractivity (Wildman–Crippen MR) is 147 cm³/mol. The minimum atomic E-state index is -4.75. The SMILES string of the molecule is CCCOc1ccc(-c2cc(C(C(=O)OC(C)(C)C)n3cc4nc(-c5cccc(F)c5F)nc-4cn3)on2)c(C(F)(F)F)c1. The van der Waals surface area contributed by atoms with E-state index in [1.165, 1.54) is 42.7 Å². The van der Waals surface area contributed by atoms with Crippen LogP contribution in [0.5, 0.6) is 5.75 Å². The van der Waals surface area contributed by atoms with Crippen molar-refractivity contribution in [1.82, 2.24) is 24.9 Å². The molecule has 230 valence electrons. The monoisotopic (exact) mass is 615 g/mol. The van der Waals surface area contributed by atoms with Crippen molar-refractivity contribution < 1.29 is 40.7 Å². The van der Waals surface area contributed by atoms with E-state index >= 15 is 0 Å². The number of fused-ring (bicyclic) bond motifs is 1. The van der Waals surface area contributed by atoms with Crippen LogP contribution < -0.4 is 4.74 Å². The van der Waals surface area contributed by atoms with Crippen molar-refractivity contribution in [3.8, 4) is 39.8 Å². The largest absolute Gasteiger partial charge is 0.494 e. The van der Waals surface area contributed by atoms with E-state index in [9.17, 15) is 26.7 Å². The standard InChI is InChI=1S/C30H26F5N5O4/c1-5-11-42-16-9-10-17(19(12-16)30(33,34)35)21-13-24(44-39-21)26(28(41)43-29(2,3)4)40-15-23-22(14-36-40)37-27(38-23)18-7-6-8-20(31)25(18)32/h6-10,12-15,26H,5,11H2,1-4H3. The second-order valence-corrected chi connectivity index (χ2v) is 10.8. The van der Waals surface area contributed by atoms with Crippen LogP contribution in [0.2, 0.25) is 0 Å². The van der Waals surface area contributed by atoms with E-state index < -0.39 is 41.0 Å². The smallest absolute Gasteiger partial charge is 0.417 e. The average molecular weight is 616 g/mol. The number of imidazole rings is 1. The van der Waals surface area contributed by atoms with Crippen molar-refractivity contribution in [3.05, 3.63) is 77.8 Å². The Balaban J connectivity index is 1.57.